The Labute approximate surface area is 405 Å². The molecule has 11 aromatic carbocycles. The van der Waals surface area contributed by atoms with E-state index < -0.39 is 0 Å². The first-order valence-corrected chi connectivity index (χ1v) is 23.9. The number of nitrogens with zero attached hydrogens (tertiary/aromatic N) is 2. The largest absolute Gasteiger partial charge is 0.311 e. The third-order valence-corrected chi connectivity index (χ3v) is 14.0. The molecule has 1 aliphatic rings. The minimum absolute atomic E-state index is 0.203. The van der Waals surface area contributed by atoms with E-state index in [9.17, 15) is 0 Å². The summed E-state index contributed by atoms with van der Waals surface area (Å²) in [6.07, 6.45) is 0. The number of rotatable bonds is 10. The van der Waals surface area contributed by atoms with Gasteiger partial charge in [-0.25, -0.2) is 0 Å². The van der Waals surface area contributed by atoms with Gasteiger partial charge < -0.3 is 9.80 Å². The van der Waals surface area contributed by atoms with Crippen LogP contribution >= 0.6 is 0 Å². The lowest BCUT2D eigenvalue weighted by Gasteiger charge is -2.30. The Balaban J connectivity index is 0.919. The predicted molar refractivity (Wildman–Crippen MR) is 293 cm³/mol. The summed E-state index contributed by atoms with van der Waals surface area (Å²) >= 11 is 0. The van der Waals surface area contributed by atoms with Crippen LogP contribution in [0.4, 0.5) is 34.1 Å². The summed E-state index contributed by atoms with van der Waals surface area (Å²) in [6.45, 7) is 4.76. The van der Waals surface area contributed by atoms with Crippen LogP contribution in [0.3, 0.4) is 0 Å². The fraction of sp³-hybridized carbons (Fsp3) is 0.0448. The molecule has 0 fully saturated rings. The number of para-hydroxylation sites is 2. The van der Waals surface area contributed by atoms with E-state index in [2.05, 4.69) is 291 Å². The van der Waals surface area contributed by atoms with Crippen LogP contribution in [-0.2, 0) is 5.41 Å². The van der Waals surface area contributed by atoms with Gasteiger partial charge in [-0.1, -0.05) is 208 Å². The summed E-state index contributed by atoms with van der Waals surface area (Å²) in [5.41, 5.74) is 21.5. The van der Waals surface area contributed by atoms with Gasteiger partial charge in [-0.05, 0) is 145 Å². The second-order valence-corrected chi connectivity index (χ2v) is 18.5. The molecule has 2 nitrogen and oxygen atoms in total. The summed E-state index contributed by atoms with van der Waals surface area (Å²) in [4.78, 5) is 4.77. The average molecular weight is 883 g/mol. The fourth-order valence-corrected chi connectivity index (χ4v) is 10.5. The Morgan fingerprint density at radius 3 is 1.22 bits per heavy atom. The van der Waals surface area contributed by atoms with E-state index in [4.69, 9.17) is 0 Å². The maximum atomic E-state index is 2.47. The number of fused-ring (bicyclic) bond motifs is 4. The zero-order valence-corrected chi connectivity index (χ0v) is 38.8. The molecule has 0 amide bonds. The van der Waals surface area contributed by atoms with Crippen molar-refractivity contribution in [3.8, 4) is 55.6 Å². The fourth-order valence-electron chi connectivity index (χ4n) is 10.5. The number of hydrogen-bond donors (Lipinski definition) is 0. The van der Waals surface area contributed by atoms with Crippen LogP contribution in [0.1, 0.15) is 25.0 Å². The molecule has 0 atom stereocenters. The topological polar surface area (TPSA) is 6.48 Å². The van der Waals surface area contributed by atoms with Crippen molar-refractivity contribution in [2.45, 2.75) is 19.3 Å². The summed E-state index contributed by atoms with van der Waals surface area (Å²) in [5, 5.41) is 2.42. The normalized spacial score (nSPS) is 12.3. The first-order chi connectivity index (χ1) is 34.0. The molecule has 0 heterocycles. The smallest absolute Gasteiger partial charge is 0.0546 e. The molecule has 0 N–H and O–H groups in total. The van der Waals surface area contributed by atoms with Crippen LogP contribution in [0.2, 0.25) is 0 Å². The molecule has 1 aliphatic carbocycles. The molecule has 11 aromatic rings. The molecule has 12 rings (SSSR count). The highest BCUT2D eigenvalue weighted by atomic mass is 15.1. The second-order valence-electron chi connectivity index (χ2n) is 18.5. The van der Waals surface area contributed by atoms with Crippen molar-refractivity contribution in [2.24, 2.45) is 0 Å². The number of hydrogen-bond acceptors (Lipinski definition) is 2. The molecule has 0 saturated carbocycles. The molecule has 0 bridgehead atoms. The van der Waals surface area contributed by atoms with Gasteiger partial charge in [0.05, 0.1) is 5.69 Å². The standard InChI is InChI=1S/C67H50N2/c1-67(2)63-29-17-28-60(51-18-7-3-8-19-51)66(63)61-43-42-59(46-64(61)67)69(65-45-54-23-16-15-22-53(54)44-62(65)52-20-9-4-10-21-52)58-40-36-50(37-41-58)48-32-30-47(31-33-48)49-34-38-57(39-35-49)68(55-24-11-5-12-25-55)56-26-13-6-14-27-56/h3-46H,1-2H3. The highest BCUT2D eigenvalue weighted by Gasteiger charge is 2.37. The maximum absolute atomic E-state index is 2.47. The highest BCUT2D eigenvalue weighted by molar-refractivity contribution is 6.00. The van der Waals surface area contributed by atoms with Gasteiger partial charge in [0.15, 0.2) is 0 Å². The lowest BCUT2D eigenvalue weighted by atomic mass is 9.81. The molecule has 0 radical (unpaired) electrons. The SMILES string of the molecule is CC1(C)c2cc(N(c3ccc(-c4ccc(-c5ccc(N(c6ccccc6)c6ccccc6)cc5)cc4)cc3)c3cc4ccccc4cc3-c3ccccc3)ccc2-c2c(-c3ccccc3)cccc21. The van der Waals surface area contributed by atoms with Gasteiger partial charge in [-0.15, -0.1) is 0 Å². The molecule has 0 aliphatic heterocycles. The van der Waals surface area contributed by atoms with Crippen molar-refractivity contribution in [3.05, 3.63) is 278 Å². The Kier molecular flexibility index (Phi) is 10.6. The Morgan fingerprint density at radius 1 is 0.261 bits per heavy atom. The lowest BCUT2D eigenvalue weighted by Crippen LogP contribution is -2.17. The second kappa shape index (κ2) is 17.5. The highest BCUT2D eigenvalue weighted by Crippen LogP contribution is 2.54. The third kappa shape index (κ3) is 7.67. The van der Waals surface area contributed by atoms with Crippen molar-refractivity contribution >= 4 is 44.9 Å². The molecule has 0 unspecified atom stereocenters. The van der Waals surface area contributed by atoms with E-state index in [0.717, 1.165) is 34.1 Å². The molecule has 328 valence electrons. The summed E-state index contributed by atoms with van der Waals surface area (Å²) < 4.78 is 0. The van der Waals surface area contributed by atoms with Gasteiger partial charge in [0, 0.05) is 39.4 Å². The first kappa shape index (κ1) is 41.7. The zero-order valence-electron chi connectivity index (χ0n) is 38.8. The van der Waals surface area contributed by atoms with Gasteiger partial charge in [0.25, 0.3) is 0 Å². The quantitative estimate of drug-likeness (QED) is 0.135. The molecular formula is C67H50N2. The van der Waals surface area contributed by atoms with Gasteiger partial charge in [-0.3, -0.25) is 0 Å². The predicted octanol–water partition coefficient (Wildman–Crippen LogP) is 18.8. The van der Waals surface area contributed by atoms with Gasteiger partial charge in [0.1, 0.15) is 0 Å². The van der Waals surface area contributed by atoms with Gasteiger partial charge in [0.2, 0.25) is 0 Å². The van der Waals surface area contributed by atoms with E-state index >= 15 is 0 Å². The minimum atomic E-state index is -0.203. The van der Waals surface area contributed by atoms with Gasteiger partial charge in [-0.2, -0.15) is 0 Å². The molecule has 69 heavy (non-hydrogen) atoms. The Morgan fingerprint density at radius 2 is 0.681 bits per heavy atom. The third-order valence-electron chi connectivity index (χ3n) is 14.0. The molecular weight excluding hydrogens is 833 g/mol. The van der Waals surface area contributed by atoms with Crippen molar-refractivity contribution in [2.75, 3.05) is 9.80 Å². The van der Waals surface area contributed by atoms with Crippen molar-refractivity contribution in [3.63, 3.8) is 0 Å². The number of benzene rings is 11. The van der Waals surface area contributed by atoms with E-state index in [0.29, 0.717) is 0 Å². The molecule has 0 aromatic heterocycles. The Hall–Kier alpha value is -8.72. The zero-order chi connectivity index (χ0) is 46.3. The van der Waals surface area contributed by atoms with Crippen LogP contribution in [-0.4, -0.2) is 0 Å². The first-order valence-electron chi connectivity index (χ1n) is 23.9. The summed E-state index contributed by atoms with van der Waals surface area (Å²) in [7, 11) is 0. The van der Waals surface area contributed by atoms with E-state index in [1.807, 2.05) is 0 Å². The van der Waals surface area contributed by atoms with Crippen molar-refractivity contribution in [1.29, 1.82) is 0 Å². The summed E-state index contributed by atoms with van der Waals surface area (Å²) in [5.74, 6) is 0. The van der Waals surface area contributed by atoms with Crippen molar-refractivity contribution < 1.29 is 0 Å². The van der Waals surface area contributed by atoms with Crippen molar-refractivity contribution in [1.82, 2.24) is 0 Å². The van der Waals surface area contributed by atoms with Crippen LogP contribution in [0, 0.1) is 0 Å². The van der Waals surface area contributed by atoms with E-state index in [-0.39, 0.29) is 5.41 Å². The van der Waals surface area contributed by atoms with Crippen LogP contribution in [0.25, 0.3) is 66.4 Å². The van der Waals surface area contributed by atoms with Crippen LogP contribution < -0.4 is 9.80 Å². The molecule has 2 heteroatoms. The number of anilines is 6. The lowest BCUT2D eigenvalue weighted by molar-refractivity contribution is 0.660. The van der Waals surface area contributed by atoms with E-state index in [1.165, 1.54) is 77.5 Å². The molecule has 0 spiro atoms. The van der Waals surface area contributed by atoms with Crippen LogP contribution in [0.5, 0.6) is 0 Å². The van der Waals surface area contributed by atoms with Crippen LogP contribution in [0.15, 0.2) is 267 Å². The average Bonchev–Trinajstić information content (AvgIpc) is 3.65. The molecule has 0 saturated heterocycles. The van der Waals surface area contributed by atoms with E-state index in [1.54, 1.807) is 0 Å². The summed E-state index contributed by atoms with van der Waals surface area (Å²) in [6, 6.07) is 97.2. The maximum Gasteiger partial charge on any atom is 0.0546 e. The van der Waals surface area contributed by atoms with Gasteiger partial charge >= 0.3 is 0 Å². The minimum Gasteiger partial charge on any atom is -0.311 e. The monoisotopic (exact) mass is 882 g/mol. The Bertz CT molecular complexity index is 3540.